The van der Waals surface area contributed by atoms with Crippen LogP contribution < -0.4 is 15.2 Å². The average Bonchev–Trinajstić information content (AvgIpc) is 2.59. The summed E-state index contributed by atoms with van der Waals surface area (Å²) in [6, 6.07) is 12.8. The molecule has 4 N–H and O–H groups in total. The van der Waals surface area contributed by atoms with E-state index in [-0.39, 0.29) is 37.0 Å². The monoisotopic (exact) mass is 421 g/mol. The topological polar surface area (TPSA) is 118 Å². The molecule has 7 nitrogen and oxygen atoms in total. The van der Waals surface area contributed by atoms with E-state index in [0.717, 1.165) is 16.3 Å². The summed E-state index contributed by atoms with van der Waals surface area (Å²) in [6.45, 7) is 1.40. The van der Waals surface area contributed by atoms with E-state index in [1.165, 1.54) is 6.92 Å². The van der Waals surface area contributed by atoms with Crippen LogP contribution in [0.15, 0.2) is 42.5 Å². The first-order chi connectivity index (χ1) is 11.8. The van der Waals surface area contributed by atoms with Crippen molar-refractivity contribution in [1.82, 2.24) is 9.44 Å². The molecule has 26 heavy (non-hydrogen) atoms. The summed E-state index contributed by atoms with van der Waals surface area (Å²) in [6.07, 6.45) is 0. The number of halogens is 1. The number of sulfonamides is 2. The van der Waals surface area contributed by atoms with E-state index in [2.05, 4.69) is 9.44 Å². The SMILES string of the molecule is CCS(=O)(=O)NCCS(=O)(=O)NC(CN)c1ccc2ccccc2c1.Cl. The van der Waals surface area contributed by atoms with Crippen LogP contribution in [-0.4, -0.2) is 41.4 Å². The Morgan fingerprint density at radius 2 is 1.65 bits per heavy atom. The Kier molecular flexibility index (Phi) is 8.45. The number of hydrogen-bond donors (Lipinski definition) is 3. The second-order valence-electron chi connectivity index (χ2n) is 5.63. The molecule has 0 aliphatic heterocycles. The van der Waals surface area contributed by atoms with Gasteiger partial charge in [0.15, 0.2) is 0 Å². The number of fused-ring (bicyclic) bond motifs is 1. The van der Waals surface area contributed by atoms with Gasteiger partial charge in [-0.15, -0.1) is 12.4 Å². The van der Waals surface area contributed by atoms with Crippen LogP contribution in [0.25, 0.3) is 10.8 Å². The van der Waals surface area contributed by atoms with Crippen molar-refractivity contribution in [2.45, 2.75) is 13.0 Å². The van der Waals surface area contributed by atoms with Crippen LogP contribution in [0.3, 0.4) is 0 Å². The molecule has 0 heterocycles. The first kappa shape index (κ1) is 22.8. The molecule has 0 radical (unpaired) electrons. The van der Waals surface area contributed by atoms with Gasteiger partial charge in [-0.05, 0) is 29.3 Å². The highest BCUT2D eigenvalue weighted by Crippen LogP contribution is 2.20. The minimum absolute atomic E-state index is 0. The number of hydrogen-bond acceptors (Lipinski definition) is 5. The predicted molar refractivity (Wildman–Crippen MR) is 107 cm³/mol. The van der Waals surface area contributed by atoms with E-state index < -0.39 is 26.1 Å². The van der Waals surface area contributed by atoms with E-state index >= 15 is 0 Å². The first-order valence-corrected chi connectivity index (χ1v) is 11.2. The maximum absolute atomic E-state index is 12.2. The average molecular weight is 422 g/mol. The van der Waals surface area contributed by atoms with Gasteiger partial charge >= 0.3 is 0 Å². The minimum atomic E-state index is -3.68. The van der Waals surface area contributed by atoms with Crippen molar-refractivity contribution < 1.29 is 16.8 Å². The molecule has 0 bridgehead atoms. The van der Waals surface area contributed by atoms with Crippen molar-refractivity contribution in [3.8, 4) is 0 Å². The first-order valence-electron chi connectivity index (χ1n) is 7.92. The third-order valence-corrected chi connectivity index (χ3v) is 6.60. The largest absolute Gasteiger partial charge is 0.329 e. The zero-order valence-corrected chi connectivity index (χ0v) is 16.8. The summed E-state index contributed by atoms with van der Waals surface area (Å²) in [5.41, 5.74) is 6.50. The second kappa shape index (κ2) is 9.63. The van der Waals surface area contributed by atoms with Gasteiger partial charge in [0.05, 0.1) is 17.5 Å². The number of rotatable bonds is 9. The molecule has 10 heteroatoms. The number of nitrogens with two attached hydrogens (primary N) is 1. The predicted octanol–water partition coefficient (Wildman–Crippen LogP) is 1.12. The molecule has 0 aliphatic rings. The Balaban J connectivity index is 0.00000338. The van der Waals surface area contributed by atoms with Gasteiger partial charge < -0.3 is 5.73 Å². The van der Waals surface area contributed by atoms with E-state index in [0.29, 0.717) is 0 Å². The fourth-order valence-corrected chi connectivity index (χ4v) is 4.29. The lowest BCUT2D eigenvalue weighted by molar-refractivity contribution is 0.556. The molecule has 0 saturated carbocycles. The van der Waals surface area contributed by atoms with E-state index in [1.807, 2.05) is 42.5 Å². The molecule has 2 aromatic rings. The molecule has 1 unspecified atom stereocenters. The minimum Gasteiger partial charge on any atom is -0.329 e. The summed E-state index contributed by atoms with van der Waals surface area (Å²) in [4.78, 5) is 0. The van der Waals surface area contributed by atoms with Crippen LogP contribution in [0.4, 0.5) is 0 Å². The zero-order chi connectivity index (χ0) is 18.5. The Morgan fingerprint density at radius 3 is 2.27 bits per heavy atom. The van der Waals surface area contributed by atoms with Gasteiger partial charge in [0.1, 0.15) is 0 Å². The summed E-state index contributed by atoms with van der Waals surface area (Å²) < 4.78 is 51.9. The van der Waals surface area contributed by atoms with Crippen LogP contribution in [0, 0.1) is 0 Å². The molecule has 1 atom stereocenters. The molecule has 0 aliphatic carbocycles. The van der Waals surface area contributed by atoms with E-state index in [1.54, 1.807) is 0 Å². The van der Waals surface area contributed by atoms with Gasteiger partial charge in [-0.3, -0.25) is 0 Å². The standard InChI is InChI=1S/C16H23N3O4S2.ClH/c1-2-24(20,21)18-9-10-25(22,23)19-16(12-17)15-8-7-13-5-3-4-6-14(13)11-15;/h3-8,11,16,18-19H,2,9-10,12,17H2,1H3;1H. The molecule has 2 rings (SSSR count). The van der Waals surface area contributed by atoms with E-state index in [9.17, 15) is 16.8 Å². The van der Waals surface area contributed by atoms with Crippen LogP contribution in [0.2, 0.25) is 0 Å². The quantitative estimate of drug-likeness (QED) is 0.560. The number of benzene rings is 2. The van der Waals surface area contributed by atoms with Gasteiger partial charge in [0.2, 0.25) is 20.0 Å². The normalized spacial score (nSPS) is 13.3. The van der Waals surface area contributed by atoms with Crippen molar-refractivity contribution in [1.29, 1.82) is 0 Å². The van der Waals surface area contributed by atoms with Gasteiger partial charge in [0, 0.05) is 13.1 Å². The van der Waals surface area contributed by atoms with Crippen LogP contribution >= 0.6 is 12.4 Å². The smallest absolute Gasteiger partial charge is 0.213 e. The van der Waals surface area contributed by atoms with Crippen LogP contribution in [-0.2, 0) is 20.0 Å². The van der Waals surface area contributed by atoms with Crippen molar-refractivity contribution in [3.05, 3.63) is 48.0 Å². The Labute approximate surface area is 160 Å². The fraction of sp³-hybridized carbons (Fsp3) is 0.375. The Morgan fingerprint density at radius 1 is 1.00 bits per heavy atom. The maximum atomic E-state index is 12.2. The molecule has 0 aromatic heterocycles. The van der Waals surface area contributed by atoms with Gasteiger partial charge in [0.25, 0.3) is 0 Å². The summed E-state index contributed by atoms with van der Waals surface area (Å²) in [5, 5.41) is 2.05. The van der Waals surface area contributed by atoms with Crippen molar-refractivity contribution in [2.75, 3.05) is 24.6 Å². The molecular formula is C16H24ClN3O4S2. The third-order valence-electron chi connectivity index (χ3n) is 3.81. The summed E-state index contributed by atoms with van der Waals surface area (Å²) in [5.74, 6) is -0.445. The molecule has 0 fully saturated rings. The second-order valence-corrected chi connectivity index (χ2v) is 9.60. The number of nitrogens with one attached hydrogen (secondary N) is 2. The molecule has 0 spiro atoms. The summed E-state index contributed by atoms with van der Waals surface area (Å²) >= 11 is 0. The molecule has 0 saturated heterocycles. The fourth-order valence-electron chi connectivity index (χ4n) is 2.39. The zero-order valence-electron chi connectivity index (χ0n) is 14.4. The van der Waals surface area contributed by atoms with Crippen LogP contribution in [0.5, 0.6) is 0 Å². The Bertz CT molecular complexity index is 933. The lowest BCUT2D eigenvalue weighted by Crippen LogP contribution is -2.38. The third kappa shape index (κ3) is 6.49. The van der Waals surface area contributed by atoms with Gasteiger partial charge in [-0.2, -0.15) is 0 Å². The van der Waals surface area contributed by atoms with Crippen LogP contribution in [0.1, 0.15) is 18.5 Å². The molecule has 0 amide bonds. The summed E-state index contributed by atoms with van der Waals surface area (Å²) in [7, 11) is -7.10. The molecule has 2 aromatic carbocycles. The lowest BCUT2D eigenvalue weighted by Gasteiger charge is -2.18. The molecule has 146 valence electrons. The van der Waals surface area contributed by atoms with Crippen molar-refractivity contribution >= 4 is 43.2 Å². The highest BCUT2D eigenvalue weighted by atomic mass is 35.5. The van der Waals surface area contributed by atoms with Crippen molar-refractivity contribution in [3.63, 3.8) is 0 Å². The van der Waals surface area contributed by atoms with Gasteiger partial charge in [-0.1, -0.05) is 36.4 Å². The highest BCUT2D eigenvalue weighted by Gasteiger charge is 2.19. The van der Waals surface area contributed by atoms with Crippen molar-refractivity contribution in [2.24, 2.45) is 5.73 Å². The van der Waals surface area contributed by atoms with E-state index in [4.69, 9.17) is 5.73 Å². The molecular weight excluding hydrogens is 398 g/mol. The van der Waals surface area contributed by atoms with Gasteiger partial charge in [-0.25, -0.2) is 26.3 Å². The maximum Gasteiger partial charge on any atom is 0.213 e. The lowest BCUT2D eigenvalue weighted by atomic mass is 10.0. The Hall–Kier alpha value is -1.23. The highest BCUT2D eigenvalue weighted by molar-refractivity contribution is 7.90.